The highest BCUT2D eigenvalue weighted by Crippen LogP contribution is 2.62. The van der Waals surface area contributed by atoms with Gasteiger partial charge in [-0.3, -0.25) is 4.79 Å². The summed E-state index contributed by atoms with van der Waals surface area (Å²) >= 11 is -1.39. The first-order valence-electron chi connectivity index (χ1n) is 24.0. The Morgan fingerprint density at radius 1 is 0.738 bits per heavy atom. The molecule has 65 heavy (non-hydrogen) atoms. The second-order valence-corrected chi connectivity index (χ2v) is 19.8. The maximum absolute atomic E-state index is 13.1. The van der Waals surface area contributed by atoms with Gasteiger partial charge in [-0.2, -0.15) is 22.0 Å². The summed E-state index contributed by atoms with van der Waals surface area (Å²) in [5.41, 5.74) is 2.55. The van der Waals surface area contributed by atoms with Crippen molar-refractivity contribution >= 4 is 17.1 Å². The molecule has 0 aliphatic heterocycles. The van der Waals surface area contributed by atoms with E-state index in [4.69, 9.17) is 37.9 Å². The highest BCUT2D eigenvalue weighted by molar-refractivity contribution is 7.91. The van der Waals surface area contributed by atoms with Gasteiger partial charge in [0, 0.05) is 13.5 Å². The summed E-state index contributed by atoms with van der Waals surface area (Å²) in [6, 6.07) is 6.14. The number of hydrogen-bond donors (Lipinski definition) is 1. The van der Waals surface area contributed by atoms with Crippen LogP contribution >= 0.6 is 0 Å². The summed E-state index contributed by atoms with van der Waals surface area (Å²) in [5, 5.41) is 11.1. The molecule has 0 bridgehead atoms. The molecule has 4 rings (SSSR count). The van der Waals surface area contributed by atoms with Gasteiger partial charge in [0.1, 0.15) is 17.3 Å². The van der Waals surface area contributed by atoms with E-state index in [0.29, 0.717) is 121 Å². The Kier molecular flexibility index (Phi) is 25.9. The fourth-order valence-electron chi connectivity index (χ4n) is 10.0. The van der Waals surface area contributed by atoms with Crippen molar-refractivity contribution in [1.82, 2.24) is 0 Å². The third kappa shape index (κ3) is 19.3. The van der Waals surface area contributed by atoms with Crippen LogP contribution in [0.1, 0.15) is 120 Å². The van der Waals surface area contributed by atoms with Crippen LogP contribution in [0.15, 0.2) is 18.2 Å². The molecule has 2 fully saturated rings. The molecule has 0 aromatic heterocycles. The van der Waals surface area contributed by atoms with E-state index in [0.717, 1.165) is 77.0 Å². The zero-order valence-electron chi connectivity index (χ0n) is 38.9. The van der Waals surface area contributed by atoms with Crippen molar-refractivity contribution in [3.8, 4) is 5.75 Å². The molecule has 11 nitrogen and oxygen atoms in total. The van der Waals surface area contributed by atoms with E-state index in [1.165, 1.54) is 11.1 Å². The van der Waals surface area contributed by atoms with Gasteiger partial charge in [-0.25, -0.2) is 0 Å². The van der Waals surface area contributed by atoms with Crippen LogP contribution in [0.5, 0.6) is 5.75 Å². The number of ether oxygens (including phenoxy) is 8. The Bertz CT molecular complexity index is 1460. The molecule has 1 aromatic carbocycles. The average Bonchev–Trinajstić information content (AvgIpc) is 3.57. The SMILES string of the molecule is COCCOCCOCCOCCOCCOCCOCCC(=O)Oc1ccc2c(c1)C[C@@H](CCCCCCCCC[S+]([O-])CCCC(F)(F)C(F)(F)F)[C@@H]1[C@@H]2CC[C@]2(C)[C@@H](O)CC[C@@H]12. The van der Waals surface area contributed by atoms with Gasteiger partial charge in [0.15, 0.2) is 0 Å². The maximum Gasteiger partial charge on any atom is 0.453 e. The Hall–Kier alpha value is -1.67. The summed E-state index contributed by atoms with van der Waals surface area (Å²) in [6.45, 7) is 8.21. The van der Waals surface area contributed by atoms with E-state index in [1.807, 2.05) is 6.07 Å². The standard InChI is InChI=1S/C48H77F5O11S/c1-46-19-16-41-40-13-12-39(64-44(55)17-20-58-23-24-60-27-28-62-31-32-63-30-29-61-26-25-59-22-21-57-2)36-38(40)35-37(45(41)42(46)14-15-43(46)54)11-8-6-4-3-5-7-9-33-65(56)34-10-18-47(49,50)48(51,52)53/h12-13,36-37,41-43,45,54H,3-11,14-35H2,1-2H3/t37-,41-,42+,43+,45-,46+,65?/m1/s1. The molecule has 2 saturated carbocycles. The lowest BCUT2D eigenvalue weighted by Gasteiger charge is -2.53. The van der Waals surface area contributed by atoms with Crippen molar-refractivity contribution in [1.29, 1.82) is 0 Å². The van der Waals surface area contributed by atoms with Gasteiger partial charge in [0.25, 0.3) is 0 Å². The minimum absolute atomic E-state index is 0.0551. The highest BCUT2D eigenvalue weighted by Gasteiger charge is 2.57. The van der Waals surface area contributed by atoms with Gasteiger partial charge in [0.05, 0.1) is 98.4 Å². The van der Waals surface area contributed by atoms with Gasteiger partial charge in [0.2, 0.25) is 0 Å². The molecule has 3 aliphatic rings. The summed E-state index contributed by atoms with van der Waals surface area (Å²) in [4.78, 5) is 12.8. The lowest BCUT2D eigenvalue weighted by molar-refractivity contribution is -0.284. The fourth-order valence-corrected chi connectivity index (χ4v) is 11.2. The number of carbonyl (C=O) groups excluding carboxylic acids is 1. The molecule has 0 heterocycles. The molecule has 3 aliphatic carbocycles. The van der Waals surface area contributed by atoms with Crippen molar-refractivity contribution in [3.63, 3.8) is 0 Å². The number of benzene rings is 1. The molecule has 7 atom stereocenters. The number of aliphatic hydroxyl groups excluding tert-OH is 1. The maximum atomic E-state index is 13.1. The van der Waals surface area contributed by atoms with Crippen molar-refractivity contribution in [3.05, 3.63) is 29.3 Å². The van der Waals surface area contributed by atoms with Gasteiger partial charge in [-0.15, -0.1) is 0 Å². The zero-order chi connectivity index (χ0) is 47.0. The second kappa shape index (κ2) is 30.0. The first-order chi connectivity index (χ1) is 31.3. The zero-order valence-corrected chi connectivity index (χ0v) is 39.7. The number of fused-ring (bicyclic) bond motifs is 5. The van der Waals surface area contributed by atoms with Crippen LogP contribution in [-0.2, 0) is 55.5 Å². The first kappa shape index (κ1) is 55.9. The Morgan fingerprint density at radius 3 is 1.86 bits per heavy atom. The number of hydrogen-bond acceptors (Lipinski definition) is 11. The molecule has 0 saturated heterocycles. The molecule has 0 amide bonds. The fraction of sp³-hybridized carbons (Fsp3) is 0.854. The number of alkyl halides is 5. The van der Waals surface area contributed by atoms with Crippen LogP contribution in [0.3, 0.4) is 0 Å². The molecule has 1 unspecified atom stereocenters. The van der Waals surface area contributed by atoms with E-state index < -0.39 is 36.1 Å². The van der Waals surface area contributed by atoms with Crippen LogP contribution in [0.25, 0.3) is 0 Å². The summed E-state index contributed by atoms with van der Waals surface area (Å²) in [7, 11) is 1.63. The number of methoxy groups -OCH3 is 1. The molecule has 1 aromatic rings. The van der Waals surface area contributed by atoms with Gasteiger partial charge >= 0.3 is 18.1 Å². The van der Waals surface area contributed by atoms with E-state index in [1.54, 1.807) is 7.11 Å². The van der Waals surface area contributed by atoms with Crippen LogP contribution < -0.4 is 4.74 Å². The number of carbonyl (C=O) groups is 1. The Morgan fingerprint density at radius 2 is 1.28 bits per heavy atom. The number of unbranched alkanes of at least 4 members (excludes halogenated alkanes) is 6. The summed E-state index contributed by atoms with van der Waals surface area (Å²) in [6.07, 6.45) is 5.28. The third-order valence-corrected chi connectivity index (χ3v) is 15.0. The van der Waals surface area contributed by atoms with Crippen molar-refractivity contribution in [2.75, 3.05) is 105 Å². The monoisotopic (exact) mass is 957 g/mol. The van der Waals surface area contributed by atoms with Crippen LogP contribution in [0, 0.1) is 23.2 Å². The van der Waals surface area contributed by atoms with Crippen molar-refractivity contribution in [2.45, 2.75) is 134 Å². The van der Waals surface area contributed by atoms with E-state index in [-0.39, 0.29) is 36.3 Å². The number of rotatable bonds is 36. The van der Waals surface area contributed by atoms with E-state index >= 15 is 0 Å². The molecule has 0 radical (unpaired) electrons. The predicted octanol–water partition coefficient (Wildman–Crippen LogP) is 9.02. The second-order valence-electron chi connectivity index (χ2n) is 18.1. The Labute approximate surface area is 387 Å². The van der Waals surface area contributed by atoms with Gasteiger partial charge < -0.3 is 47.6 Å². The number of halogens is 5. The largest absolute Gasteiger partial charge is 0.616 e. The molecule has 0 spiro atoms. The molecular formula is C48H77F5O11S. The van der Waals surface area contributed by atoms with Gasteiger partial charge in [-0.1, -0.05) is 56.3 Å². The smallest absolute Gasteiger partial charge is 0.453 e. The topological polar surface area (TPSA) is 134 Å². The first-order valence-corrected chi connectivity index (χ1v) is 25.5. The average molecular weight is 957 g/mol. The normalized spacial score (nSPS) is 23.6. The number of aliphatic hydroxyl groups is 1. The van der Waals surface area contributed by atoms with Crippen LogP contribution in [-0.4, -0.2) is 138 Å². The van der Waals surface area contributed by atoms with E-state index in [2.05, 4.69) is 19.1 Å². The summed E-state index contributed by atoms with van der Waals surface area (Å²) < 4.78 is 119. The Balaban J connectivity index is 1.08. The van der Waals surface area contributed by atoms with Gasteiger partial charge in [-0.05, 0) is 110 Å². The minimum Gasteiger partial charge on any atom is -0.616 e. The van der Waals surface area contributed by atoms with Crippen molar-refractivity contribution < 1.29 is 74.3 Å². The van der Waals surface area contributed by atoms with Crippen molar-refractivity contribution in [2.24, 2.45) is 23.2 Å². The molecule has 17 heteroatoms. The molecule has 376 valence electrons. The minimum atomic E-state index is -5.57. The highest BCUT2D eigenvalue weighted by atomic mass is 32.2. The lowest BCUT2D eigenvalue weighted by Crippen LogP contribution is -2.47. The molecule has 1 N–H and O–H groups in total. The van der Waals surface area contributed by atoms with E-state index in [9.17, 15) is 36.4 Å². The summed E-state index contributed by atoms with van der Waals surface area (Å²) in [5.74, 6) is -2.49. The number of esters is 1. The predicted molar refractivity (Wildman–Crippen MR) is 238 cm³/mol. The quantitative estimate of drug-likeness (QED) is 0.0227. The van der Waals surface area contributed by atoms with Crippen LogP contribution in [0.4, 0.5) is 22.0 Å². The lowest BCUT2D eigenvalue weighted by atomic mass is 9.52. The molecular weight excluding hydrogens is 880 g/mol. The third-order valence-electron chi connectivity index (χ3n) is 13.5. The van der Waals surface area contributed by atoms with Crippen LogP contribution in [0.2, 0.25) is 0 Å².